The molecular weight excluding hydrogens is 420 g/mol. The van der Waals surface area contributed by atoms with Crippen LogP contribution in [0.5, 0.6) is 5.75 Å². The van der Waals surface area contributed by atoms with Gasteiger partial charge in [0.25, 0.3) is 0 Å². The first-order valence-electron chi connectivity index (χ1n) is 12.2. The Hall–Kier alpha value is -2.98. The highest BCUT2D eigenvalue weighted by atomic mass is 16.5. The van der Waals surface area contributed by atoms with Crippen molar-refractivity contribution in [2.24, 2.45) is 5.92 Å². The van der Waals surface area contributed by atoms with Crippen LogP contribution in [0.25, 0.3) is 11.1 Å². The van der Waals surface area contributed by atoms with Crippen molar-refractivity contribution in [3.63, 3.8) is 0 Å². The zero-order valence-electron chi connectivity index (χ0n) is 21.0. The first-order valence-corrected chi connectivity index (χ1v) is 12.2. The van der Waals surface area contributed by atoms with Gasteiger partial charge in [0.1, 0.15) is 12.4 Å². The maximum absolute atomic E-state index is 13.0. The second-order valence-electron chi connectivity index (χ2n) is 10.9. The van der Waals surface area contributed by atoms with Gasteiger partial charge < -0.3 is 10.1 Å². The van der Waals surface area contributed by atoms with E-state index in [1.807, 2.05) is 61.7 Å². The van der Waals surface area contributed by atoms with Crippen molar-refractivity contribution >= 4 is 5.78 Å². The fourth-order valence-electron chi connectivity index (χ4n) is 5.55. The van der Waals surface area contributed by atoms with Crippen molar-refractivity contribution in [2.75, 3.05) is 0 Å². The van der Waals surface area contributed by atoms with E-state index in [1.54, 1.807) is 0 Å². The summed E-state index contributed by atoms with van der Waals surface area (Å²) in [7, 11) is 0. The number of rotatable bonds is 7. The van der Waals surface area contributed by atoms with Crippen LogP contribution in [0.2, 0.25) is 0 Å². The Kier molecular flexibility index (Phi) is 6.90. The number of nitrogens with zero attached hydrogens (tertiary/aromatic N) is 1. The number of Topliss-reactive ketones (excluding diaryl/α,β-unsaturated/α-hetero) is 1. The van der Waals surface area contributed by atoms with Crippen LogP contribution < -0.4 is 10.1 Å². The number of aromatic nitrogens is 1. The van der Waals surface area contributed by atoms with Crippen LogP contribution in [-0.2, 0) is 6.61 Å². The lowest BCUT2D eigenvalue weighted by molar-refractivity contribution is 0.0864. The molecule has 2 heterocycles. The molecule has 34 heavy (non-hydrogen) atoms. The Balaban J connectivity index is 1.36. The molecule has 0 bridgehead atoms. The third-order valence-electron chi connectivity index (χ3n) is 6.58. The lowest BCUT2D eigenvalue weighted by Crippen LogP contribution is -2.57. The molecule has 0 atom stereocenters. The first-order chi connectivity index (χ1) is 16.1. The second kappa shape index (κ2) is 9.71. The number of hydrogen-bond donors (Lipinski definition) is 1. The van der Waals surface area contributed by atoms with E-state index in [0.29, 0.717) is 18.9 Å². The third kappa shape index (κ3) is 6.12. The highest BCUT2D eigenvalue weighted by Crippen LogP contribution is 2.35. The molecule has 0 amide bonds. The Morgan fingerprint density at radius 1 is 1.00 bits per heavy atom. The largest absolute Gasteiger partial charge is 0.489 e. The Morgan fingerprint density at radius 3 is 2.38 bits per heavy atom. The molecule has 1 N–H and O–H groups in total. The molecule has 0 aliphatic carbocycles. The van der Waals surface area contributed by atoms with Crippen LogP contribution in [0.3, 0.4) is 0 Å². The fraction of sp³-hybridized carbons (Fsp3) is 0.400. The summed E-state index contributed by atoms with van der Waals surface area (Å²) in [5.74, 6) is 1.44. The molecule has 1 saturated heterocycles. The Morgan fingerprint density at radius 2 is 1.71 bits per heavy atom. The molecule has 178 valence electrons. The van der Waals surface area contributed by atoms with Crippen LogP contribution in [0, 0.1) is 12.8 Å². The van der Waals surface area contributed by atoms with Gasteiger partial charge in [0.2, 0.25) is 0 Å². The zero-order chi connectivity index (χ0) is 24.3. The summed E-state index contributed by atoms with van der Waals surface area (Å²) < 4.78 is 6.05. The lowest BCUT2D eigenvalue weighted by Gasteiger charge is -2.46. The zero-order valence-corrected chi connectivity index (χ0v) is 21.0. The van der Waals surface area contributed by atoms with E-state index in [1.165, 1.54) is 0 Å². The Labute approximate surface area is 203 Å². The first kappa shape index (κ1) is 24.2. The molecule has 0 radical (unpaired) electrons. The van der Waals surface area contributed by atoms with Gasteiger partial charge >= 0.3 is 0 Å². The van der Waals surface area contributed by atoms with Crippen molar-refractivity contribution < 1.29 is 9.53 Å². The molecule has 4 rings (SSSR count). The molecule has 2 aromatic carbocycles. The molecular formula is C30H36N2O2. The van der Waals surface area contributed by atoms with E-state index in [2.05, 4.69) is 50.1 Å². The van der Waals surface area contributed by atoms with Gasteiger partial charge in [0.05, 0.1) is 0 Å². The van der Waals surface area contributed by atoms with Gasteiger partial charge in [-0.05, 0) is 82.7 Å². The summed E-state index contributed by atoms with van der Waals surface area (Å²) >= 11 is 0. The number of benzene rings is 2. The van der Waals surface area contributed by atoms with Crippen LogP contribution in [0.1, 0.15) is 68.6 Å². The summed E-state index contributed by atoms with van der Waals surface area (Å²) in [5.41, 5.74) is 5.14. The summed E-state index contributed by atoms with van der Waals surface area (Å²) in [4.78, 5) is 17.3. The SMILES string of the molecule is Cc1ncccc1-c1cccc(OCc2ccc(C(=O)CC3CC(C)(C)NC(C)(C)C3)cc2)c1. The fourth-order valence-corrected chi connectivity index (χ4v) is 5.55. The number of aryl methyl sites for hydroxylation is 1. The van der Waals surface area contributed by atoms with Gasteiger partial charge in [-0.2, -0.15) is 0 Å². The number of ether oxygens (including phenoxy) is 1. The maximum atomic E-state index is 13.0. The second-order valence-corrected chi connectivity index (χ2v) is 10.9. The van der Waals surface area contributed by atoms with E-state index < -0.39 is 0 Å². The quantitative estimate of drug-likeness (QED) is 0.399. The van der Waals surface area contributed by atoms with Crippen molar-refractivity contribution in [1.29, 1.82) is 0 Å². The van der Waals surface area contributed by atoms with Gasteiger partial charge in [0, 0.05) is 40.5 Å². The lowest BCUT2D eigenvalue weighted by atomic mass is 9.74. The van der Waals surface area contributed by atoms with Crippen molar-refractivity contribution in [1.82, 2.24) is 10.3 Å². The van der Waals surface area contributed by atoms with E-state index in [-0.39, 0.29) is 16.9 Å². The van der Waals surface area contributed by atoms with Crippen molar-refractivity contribution in [3.8, 4) is 16.9 Å². The standard InChI is InChI=1S/C30H36N2O2/c1-21-27(10-7-15-31-21)25-8-6-9-26(17-25)34-20-22-11-13-24(14-12-22)28(33)16-23-18-29(2,3)32-30(4,5)19-23/h6-15,17,23,32H,16,18-20H2,1-5H3. The molecule has 1 aliphatic rings. The van der Waals surface area contributed by atoms with E-state index >= 15 is 0 Å². The predicted molar refractivity (Wildman–Crippen MR) is 138 cm³/mol. The van der Waals surface area contributed by atoms with Crippen LogP contribution in [0.15, 0.2) is 66.9 Å². The molecule has 1 aromatic heterocycles. The van der Waals surface area contributed by atoms with E-state index in [4.69, 9.17) is 4.74 Å². The number of carbonyl (C=O) groups is 1. The molecule has 4 nitrogen and oxygen atoms in total. The van der Waals surface area contributed by atoms with Crippen LogP contribution >= 0.6 is 0 Å². The number of hydrogen-bond acceptors (Lipinski definition) is 4. The molecule has 4 heteroatoms. The smallest absolute Gasteiger partial charge is 0.163 e. The minimum absolute atomic E-state index is 0.0565. The molecule has 0 spiro atoms. The highest BCUT2D eigenvalue weighted by molar-refractivity contribution is 5.96. The maximum Gasteiger partial charge on any atom is 0.163 e. The number of piperidine rings is 1. The number of nitrogens with one attached hydrogen (secondary N) is 1. The predicted octanol–water partition coefficient (Wildman–Crippen LogP) is 6.77. The third-order valence-corrected chi connectivity index (χ3v) is 6.58. The van der Waals surface area contributed by atoms with E-state index in [0.717, 1.165) is 46.5 Å². The van der Waals surface area contributed by atoms with Crippen LogP contribution in [0.4, 0.5) is 0 Å². The van der Waals surface area contributed by atoms with Crippen molar-refractivity contribution in [3.05, 3.63) is 83.7 Å². The van der Waals surface area contributed by atoms with Crippen LogP contribution in [-0.4, -0.2) is 21.8 Å². The number of pyridine rings is 1. The molecule has 1 fully saturated rings. The normalized spacial score (nSPS) is 17.3. The molecule has 0 saturated carbocycles. The van der Waals surface area contributed by atoms with E-state index in [9.17, 15) is 4.79 Å². The average Bonchev–Trinajstić information content (AvgIpc) is 2.76. The van der Waals surface area contributed by atoms with Gasteiger partial charge in [-0.3, -0.25) is 9.78 Å². The molecule has 0 unspecified atom stereocenters. The summed E-state index contributed by atoms with van der Waals surface area (Å²) in [6.45, 7) is 11.4. The van der Waals surface area contributed by atoms with Gasteiger partial charge in [-0.15, -0.1) is 0 Å². The Bertz CT molecular complexity index is 1130. The van der Waals surface area contributed by atoms with Gasteiger partial charge in [0.15, 0.2) is 5.78 Å². The highest BCUT2D eigenvalue weighted by Gasteiger charge is 2.38. The topological polar surface area (TPSA) is 51.2 Å². The monoisotopic (exact) mass is 456 g/mol. The molecule has 3 aromatic rings. The minimum atomic E-state index is 0.0565. The summed E-state index contributed by atoms with van der Waals surface area (Å²) in [6, 6.07) is 20.0. The summed E-state index contributed by atoms with van der Waals surface area (Å²) in [5, 5.41) is 3.70. The molecule has 1 aliphatic heterocycles. The van der Waals surface area contributed by atoms with Gasteiger partial charge in [-0.1, -0.05) is 42.5 Å². The number of carbonyl (C=O) groups excluding carboxylic acids is 1. The summed E-state index contributed by atoms with van der Waals surface area (Å²) in [6.07, 6.45) is 4.45. The van der Waals surface area contributed by atoms with Gasteiger partial charge in [-0.25, -0.2) is 0 Å². The average molecular weight is 457 g/mol. The van der Waals surface area contributed by atoms with Crippen molar-refractivity contribution in [2.45, 2.75) is 71.6 Å². The number of ketones is 1. The minimum Gasteiger partial charge on any atom is -0.489 e.